The molecule has 0 aliphatic rings. The minimum atomic E-state index is -0.351. The second kappa shape index (κ2) is 4.60. The molecular weight excluding hydrogens is 210 g/mol. The summed E-state index contributed by atoms with van der Waals surface area (Å²) in [6.07, 6.45) is 0. The van der Waals surface area contributed by atoms with Crippen LogP contribution in [0.15, 0.2) is 54.6 Å². The summed E-state index contributed by atoms with van der Waals surface area (Å²) in [4.78, 5) is 0. The summed E-state index contributed by atoms with van der Waals surface area (Å²) in [6.45, 7) is 3.96. The average Bonchev–Trinajstić information content (AvgIpc) is 2.29. The van der Waals surface area contributed by atoms with Crippen LogP contribution in [0, 0.1) is 0 Å². The summed E-state index contributed by atoms with van der Waals surface area (Å²) >= 11 is 0. The average molecular weight is 227 g/mol. The van der Waals surface area contributed by atoms with Crippen LogP contribution in [-0.4, -0.2) is 0 Å². The molecule has 2 rings (SSSR count). The number of hydrogen-bond acceptors (Lipinski definition) is 2. The maximum absolute atomic E-state index is 6.06. The van der Waals surface area contributed by atoms with E-state index in [0.29, 0.717) is 0 Å². The molecule has 0 aliphatic carbocycles. The minimum absolute atomic E-state index is 0.351. The van der Waals surface area contributed by atoms with E-state index in [0.717, 1.165) is 17.1 Å². The monoisotopic (exact) mass is 227 g/mol. The van der Waals surface area contributed by atoms with Crippen LogP contribution in [0.5, 0.6) is 11.5 Å². The number of ether oxygens (including phenoxy) is 1. The standard InChI is InChI=1S/C15H17NO/c1-15(2,16)12-7-6-10-14(11-12)17-13-8-4-3-5-9-13/h3-11H,16H2,1-2H3. The Bertz CT molecular complexity index is 486. The van der Waals surface area contributed by atoms with Gasteiger partial charge in [0.15, 0.2) is 0 Å². The maximum atomic E-state index is 6.06. The second-order valence-electron chi connectivity index (χ2n) is 4.66. The van der Waals surface area contributed by atoms with Crippen LogP contribution < -0.4 is 10.5 Å². The molecule has 0 saturated carbocycles. The van der Waals surface area contributed by atoms with Crippen molar-refractivity contribution >= 4 is 0 Å². The van der Waals surface area contributed by atoms with E-state index in [1.807, 2.05) is 68.4 Å². The highest BCUT2D eigenvalue weighted by molar-refractivity contribution is 5.36. The highest BCUT2D eigenvalue weighted by Gasteiger charge is 2.14. The van der Waals surface area contributed by atoms with Gasteiger partial charge in [0.2, 0.25) is 0 Å². The molecule has 0 atom stereocenters. The molecule has 17 heavy (non-hydrogen) atoms. The summed E-state index contributed by atoms with van der Waals surface area (Å²) in [7, 11) is 0. The van der Waals surface area contributed by atoms with E-state index in [-0.39, 0.29) is 5.54 Å². The van der Waals surface area contributed by atoms with Gasteiger partial charge >= 0.3 is 0 Å². The normalized spacial score (nSPS) is 11.2. The lowest BCUT2D eigenvalue weighted by molar-refractivity contribution is 0.477. The summed E-state index contributed by atoms with van der Waals surface area (Å²) in [5, 5.41) is 0. The highest BCUT2D eigenvalue weighted by Crippen LogP contribution is 2.25. The predicted molar refractivity (Wildman–Crippen MR) is 70.2 cm³/mol. The van der Waals surface area contributed by atoms with Crippen molar-refractivity contribution in [3.05, 3.63) is 60.2 Å². The second-order valence-corrected chi connectivity index (χ2v) is 4.66. The third-order valence-electron chi connectivity index (χ3n) is 2.56. The van der Waals surface area contributed by atoms with E-state index in [4.69, 9.17) is 10.5 Å². The lowest BCUT2D eigenvalue weighted by Gasteiger charge is -2.19. The van der Waals surface area contributed by atoms with Gasteiger partial charge in [-0.3, -0.25) is 0 Å². The van der Waals surface area contributed by atoms with Gasteiger partial charge in [0, 0.05) is 5.54 Å². The fraction of sp³-hybridized carbons (Fsp3) is 0.200. The molecule has 0 spiro atoms. The van der Waals surface area contributed by atoms with Crippen molar-refractivity contribution in [2.45, 2.75) is 19.4 Å². The van der Waals surface area contributed by atoms with Crippen LogP contribution in [0.1, 0.15) is 19.4 Å². The van der Waals surface area contributed by atoms with Gasteiger partial charge in [-0.05, 0) is 43.7 Å². The van der Waals surface area contributed by atoms with E-state index in [2.05, 4.69) is 0 Å². The molecule has 0 bridgehead atoms. The van der Waals surface area contributed by atoms with Crippen molar-refractivity contribution in [2.75, 3.05) is 0 Å². The molecule has 88 valence electrons. The third kappa shape index (κ3) is 3.08. The summed E-state index contributed by atoms with van der Waals surface area (Å²) < 4.78 is 5.76. The number of benzene rings is 2. The van der Waals surface area contributed by atoms with E-state index in [9.17, 15) is 0 Å². The highest BCUT2D eigenvalue weighted by atomic mass is 16.5. The van der Waals surface area contributed by atoms with Gasteiger partial charge in [-0.15, -0.1) is 0 Å². The van der Waals surface area contributed by atoms with Gasteiger partial charge < -0.3 is 10.5 Å². The van der Waals surface area contributed by atoms with Gasteiger partial charge in [0.25, 0.3) is 0 Å². The zero-order chi connectivity index (χ0) is 12.3. The van der Waals surface area contributed by atoms with Gasteiger partial charge in [-0.25, -0.2) is 0 Å². The maximum Gasteiger partial charge on any atom is 0.127 e. The first-order valence-corrected chi connectivity index (χ1v) is 5.68. The largest absolute Gasteiger partial charge is 0.457 e. The van der Waals surface area contributed by atoms with Crippen molar-refractivity contribution in [2.24, 2.45) is 5.73 Å². The molecule has 2 heteroatoms. The van der Waals surface area contributed by atoms with Gasteiger partial charge in [0.05, 0.1) is 0 Å². The van der Waals surface area contributed by atoms with E-state index in [1.54, 1.807) is 0 Å². The molecule has 0 saturated heterocycles. The predicted octanol–water partition coefficient (Wildman–Crippen LogP) is 3.67. The third-order valence-corrected chi connectivity index (χ3v) is 2.56. The fourth-order valence-electron chi connectivity index (χ4n) is 1.58. The van der Waals surface area contributed by atoms with Crippen LogP contribution in [0.25, 0.3) is 0 Å². The molecule has 2 aromatic rings. The molecule has 0 radical (unpaired) electrons. The zero-order valence-electron chi connectivity index (χ0n) is 10.2. The van der Waals surface area contributed by atoms with Crippen molar-refractivity contribution in [1.82, 2.24) is 0 Å². The Morgan fingerprint density at radius 2 is 1.53 bits per heavy atom. The smallest absolute Gasteiger partial charge is 0.127 e. The molecule has 2 nitrogen and oxygen atoms in total. The van der Waals surface area contributed by atoms with Crippen LogP contribution in [0.2, 0.25) is 0 Å². The molecule has 0 aromatic heterocycles. The number of nitrogens with two attached hydrogens (primary N) is 1. The zero-order valence-corrected chi connectivity index (χ0v) is 10.2. The lowest BCUT2D eigenvalue weighted by Crippen LogP contribution is -2.28. The van der Waals surface area contributed by atoms with Crippen molar-refractivity contribution in [3.8, 4) is 11.5 Å². The van der Waals surface area contributed by atoms with Crippen LogP contribution in [0.4, 0.5) is 0 Å². The first-order chi connectivity index (χ1) is 8.05. The molecular formula is C15H17NO. The lowest BCUT2D eigenvalue weighted by atomic mass is 9.96. The Labute approximate surface area is 102 Å². The van der Waals surface area contributed by atoms with E-state index in [1.165, 1.54) is 0 Å². The SMILES string of the molecule is CC(C)(N)c1cccc(Oc2ccccc2)c1. The van der Waals surface area contributed by atoms with Crippen LogP contribution >= 0.6 is 0 Å². The molecule has 0 fully saturated rings. The van der Waals surface area contributed by atoms with E-state index >= 15 is 0 Å². The molecule has 0 amide bonds. The summed E-state index contributed by atoms with van der Waals surface area (Å²) in [5.41, 5.74) is 6.77. The van der Waals surface area contributed by atoms with Gasteiger partial charge in [-0.1, -0.05) is 30.3 Å². The van der Waals surface area contributed by atoms with Crippen molar-refractivity contribution in [3.63, 3.8) is 0 Å². The Hall–Kier alpha value is -1.80. The Kier molecular flexibility index (Phi) is 3.16. The van der Waals surface area contributed by atoms with Gasteiger partial charge in [-0.2, -0.15) is 0 Å². The van der Waals surface area contributed by atoms with Crippen LogP contribution in [-0.2, 0) is 5.54 Å². The Balaban J connectivity index is 2.23. The van der Waals surface area contributed by atoms with Crippen molar-refractivity contribution < 1.29 is 4.74 Å². The number of hydrogen-bond donors (Lipinski definition) is 1. The summed E-state index contributed by atoms with van der Waals surface area (Å²) in [5.74, 6) is 1.65. The Morgan fingerprint density at radius 3 is 2.18 bits per heavy atom. The first-order valence-electron chi connectivity index (χ1n) is 5.68. The quantitative estimate of drug-likeness (QED) is 0.868. The van der Waals surface area contributed by atoms with Crippen LogP contribution in [0.3, 0.4) is 0 Å². The fourth-order valence-corrected chi connectivity index (χ4v) is 1.58. The first kappa shape index (κ1) is 11.7. The summed E-state index contributed by atoms with van der Waals surface area (Å²) in [6, 6.07) is 17.6. The molecule has 0 aliphatic heterocycles. The molecule has 2 aromatic carbocycles. The van der Waals surface area contributed by atoms with E-state index < -0.39 is 0 Å². The molecule has 0 unspecified atom stereocenters. The topological polar surface area (TPSA) is 35.2 Å². The molecule has 0 heterocycles. The Morgan fingerprint density at radius 1 is 0.882 bits per heavy atom. The molecule has 2 N–H and O–H groups in total. The number of para-hydroxylation sites is 1. The number of rotatable bonds is 3. The van der Waals surface area contributed by atoms with Gasteiger partial charge in [0.1, 0.15) is 11.5 Å². The van der Waals surface area contributed by atoms with Crippen molar-refractivity contribution in [1.29, 1.82) is 0 Å². The minimum Gasteiger partial charge on any atom is -0.457 e.